The van der Waals surface area contributed by atoms with E-state index in [0.717, 1.165) is 32.6 Å². The van der Waals surface area contributed by atoms with Crippen LogP contribution in [0.2, 0.25) is 0 Å². The Morgan fingerprint density at radius 3 is 2.61 bits per heavy atom. The first-order valence-electron chi connectivity index (χ1n) is 11.8. The number of nitrogens with one attached hydrogen (secondary N) is 2. The van der Waals surface area contributed by atoms with Crippen LogP contribution in [-0.4, -0.2) is 35.6 Å². The molecule has 0 amide bonds. The van der Waals surface area contributed by atoms with E-state index in [9.17, 15) is 0 Å². The second kappa shape index (κ2) is 11.5. The number of fused-ring (bicyclic) bond motifs is 3. The Morgan fingerprint density at radius 1 is 1.15 bits per heavy atom. The minimum atomic E-state index is 0. The third kappa shape index (κ3) is 4.99. The fraction of sp³-hybridized carbons (Fsp3) is 0.600. The minimum Gasteiger partial charge on any atom is -0.325 e. The molecule has 2 aromatic rings. The third-order valence-corrected chi connectivity index (χ3v) is 7.50. The van der Waals surface area contributed by atoms with Gasteiger partial charge < -0.3 is 15.5 Å². The van der Waals surface area contributed by atoms with Crippen LogP contribution in [-0.2, 0) is 18.4 Å². The quantitative estimate of drug-likeness (QED) is 0.555. The van der Waals surface area contributed by atoms with Crippen LogP contribution in [0, 0.1) is 0 Å². The largest absolute Gasteiger partial charge is 0.325 e. The first-order valence-corrected chi connectivity index (χ1v) is 11.8. The molecule has 184 valence electrons. The van der Waals surface area contributed by atoms with Gasteiger partial charge >= 0.3 is 0 Å². The summed E-state index contributed by atoms with van der Waals surface area (Å²) in [6.07, 6.45) is 7.66. The Labute approximate surface area is 217 Å². The lowest BCUT2D eigenvalue weighted by Gasteiger charge is -2.36. The van der Waals surface area contributed by atoms with Crippen LogP contribution >= 0.6 is 37.2 Å². The molecule has 1 fully saturated rings. The molecule has 2 N–H and O–H groups in total. The van der Waals surface area contributed by atoms with Crippen molar-refractivity contribution in [2.45, 2.75) is 76.8 Å². The molecule has 1 aromatic heterocycles. The summed E-state index contributed by atoms with van der Waals surface area (Å²) in [4.78, 5) is 12.1. The highest BCUT2D eigenvalue weighted by Gasteiger charge is 2.46. The average Bonchev–Trinajstić information content (AvgIpc) is 3.33. The molecule has 0 bridgehead atoms. The molecule has 1 aromatic carbocycles. The predicted octanol–water partition coefficient (Wildman–Crippen LogP) is 5.45. The van der Waals surface area contributed by atoms with Crippen LogP contribution in [0.1, 0.15) is 74.8 Å². The summed E-state index contributed by atoms with van der Waals surface area (Å²) >= 11 is 0. The number of halogens is 3. The van der Waals surface area contributed by atoms with Crippen molar-refractivity contribution in [1.82, 2.24) is 20.6 Å². The van der Waals surface area contributed by atoms with E-state index in [0.29, 0.717) is 12.0 Å². The van der Waals surface area contributed by atoms with Crippen molar-refractivity contribution in [3.05, 3.63) is 46.9 Å². The average molecular weight is 515 g/mol. The maximum atomic E-state index is 4.89. The summed E-state index contributed by atoms with van der Waals surface area (Å²) in [5, 5.41) is 7.26. The van der Waals surface area contributed by atoms with Gasteiger partial charge in [-0.1, -0.05) is 32.9 Å². The van der Waals surface area contributed by atoms with E-state index < -0.39 is 0 Å². The van der Waals surface area contributed by atoms with Gasteiger partial charge in [0.25, 0.3) is 0 Å². The van der Waals surface area contributed by atoms with E-state index in [1.54, 1.807) is 11.9 Å². The van der Waals surface area contributed by atoms with Gasteiger partial charge in [0.15, 0.2) is 0 Å². The summed E-state index contributed by atoms with van der Waals surface area (Å²) in [5.74, 6) is 1.77. The van der Waals surface area contributed by atoms with Gasteiger partial charge in [-0.2, -0.15) is 0 Å². The highest BCUT2D eigenvalue weighted by Crippen LogP contribution is 2.52. The van der Waals surface area contributed by atoms with E-state index >= 15 is 0 Å². The molecule has 0 radical (unpaired) electrons. The molecule has 1 unspecified atom stereocenters. The standard InChI is InChI=1S/C25H35N5.3ClH/c1-4-18-8-9-20-22(18)24(29-16-28-20)30-15-25(10-12-26-13-11-25)23-19(14-27-17(2)3)6-5-7-21(23)30;;;/h5-7,16-18,26-27H,4,8-15H2,1-3H3;3*1H. The zero-order valence-electron chi connectivity index (χ0n) is 19.9. The number of aryl methyl sites for hydroxylation is 1. The van der Waals surface area contributed by atoms with E-state index in [1.807, 2.05) is 0 Å². The van der Waals surface area contributed by atoms with E-state index in [-0.39, 0.29) is 42.6 Å². The third-order valence-electron chi connectivity index (χ3n) is 7.50. The Bertz CT molecular complexity index is 930. The summed E-state index contributed by atoms with van der Waals surface area (Å²) in [7, 11) is 0. The van der Waals surface area contributed by atoms with Gasteiger partial charge in [0.2, 0.25) is 0 Å². The van der Waals surface area contributed by atoms with Gasteiger partial charge in [0.1, 0.15) is 12.1 Å². The van der Waals surface area contributed by atoms with Crippen molar-refractivity contribution in [3.63, 3.8) is 0 Å². The van der Waals surface area contributed by atoms with Gasteiger partial charge in [-0.25, -0.2) is 9.97 Å². The van der Waals surface area contributed by atoms with Crippen LogP contribution in [0.4, 0.5) is 11.5 Å². The van der Waals surface area contributed by atoms with Crippen LogP contribution in [0.25, 0.3) is 0 Å². The lowest BCUT2D eigenvalue weighted by atomic mass is 9.73. The normalized spacial score (nSPS) is 20.0. The topological polar surface area (TPSA) is 53.1 Å². The summed E-state index contributed by atoms with van der Waals surface area (Å²) < 4.78 is 0. The molecule has 1 spiro atoms. The monoisotopic (exact) mass is 513 g/mol. The first-order chi connectivity index (χ1) is 14.6. The second-order valence-corrected chi connectivity index (χ2v) is 9.66. The molecule has 5 rings (SSSR count). The lowest BCUT2D eigenvalue weighted by molar-refractivity contribution is 0.326. The molecular weight excluding hydrogens is 477 g/mol. The van der Waals surface area contributed by atoms with Crippen molar-refractivity contribution in [2.75, 3.05) is 24.5 Å². The highest BCUT2D eigenvalue weighted by atomic mass is 35.5. The number of aromatic nitrogens is 2. The molecule has 2 aliphatic heterocycles. The Kier molecular flexibility index (Phi) is 9.84. The predicted molar refractivity (Wildman–Crippen MR) is 144 cm³/mol. The number of hydrogen-bond donors (Lipinski definition) is 2. The van der Waals surface area contributed by atoms with Crippen LogP contribution in [0.5, 0.6) is 0 Å². The molecule has 0 saturated carbocycles. The van der Waals surface area contributed by atoms with Gasteiger partial charge in [-0.05, 0) is 68.3 Å². The number of hydrogen-bond acceptors (Lipinski definition) is 5. The molecule has 33 heavy (non-hydrogen) atoms. The van der Waals surface area contributed by atoms with Crippen LogP contribution < -0.4 is 15.5 Å². The molecular formula is C25H38Cl3N5. The van der Waals surface area contributed by atoms with Gasteiger partial charge in [-0.15, -0.1) is 37.2 Å². The van der Waals surface area contributed by atoms with Crippen molar-refractivity contribution in [3.8, 4) is 0 Å². The highest BCUT2D eigenvalue weighted by molar-refractivity contribution is 5.86. The molecule has 5 nitrogen and oxygen atoms in total. The Balaban J connectivity index is 0.00000128. The summed E-state index contributed by atoms with van der Waals surface area (Å²) in [6.45, 7) is 10.9. The van der Waals surface area contributed by atoms with Crippen LogP contribution in [0.3, 0.4) is 0 Å². The molecule has 3 heterocycles. The van der Waals surface area contributed by atoms with Gasteiger partial charge in [-0.3, -0.25) is 0 Å². The minimum absolute atomic E-state index is 0. The lowest BCUT2D eigenvalue weighted by Crippen LogP contribution is -2.43. The fourth-order valence-corrected chi connectivity index (χ4v) is 5.97. The zero-order valence-corrected chi connectivity index (χ0v) is 22.3. The number of benzene rings is 1. The molecule has 3 aliphatic rings. The van der Waals surface area contributed by atoms with Crippen molar-refractivity contribution in [1.29, 1.82) is 0 Å². The Morgan fingerprint density at radius 2 is 1.91 bits per heavy atom. The number of piperidine rings is 1. The van der Waals surface area contributed by atoms with Gasteiger partial charge in [0, 0.05) is 41.5 Å². The second-order valence-electron chi connectivity index (χ2n) is 9.66. The Hall–Kier alpha value is -1.11. The smallest absolute Gasteiger partial charge is 0.140 e. The first kappa shape index (κ1) is 28.1. The zero-order chi connectivity index (χ0) is 20.7. The van der Waals surface area contributed by atoms with Crippen molar-refractivity contribution in [2.24, 2.45) is 0 Å². The summed E-state index contributed by atoms with van der Waals surface area (Å²) in [6, 6.07) is 7.38. The maximum Gasteiger partial charge on any atom is 0.140 e. The summed E-state index contributed by atoms with van der Waals surface area (Å²) in [5.41, 5.74) is 7.32. The van der Waals surface area contributed by atoms with E-state index in [2.05, 4.69) is 59.5 Å². The number of nitrogens with zero attached hydrogens (tertiary/aromatic N) is 3. The molecule has 8 heteroatoms. The van der Waals surface area contributed by atoms with Crippen molar-refractivity contribution < 1.29 is 0 Å². The number of anilines is 2. The van der Waals surface area contributed by atoms with Crippen LogP contribution in [0.15, 0.2) is 24.5 Å². The fourth-order valence-electron chi connectivity index (χ4n) is 5.97. The molecule has 1 saturated heterocycles. The van der Waals surface area contributed by atoms with E-state index in [1.165, 1.54) is 54.0 Å². The maximum absolute atomic E-state index is 4.89. The number of rotatable bonds is 5. The van der Waals surface area contributed by atoms with E-state index in [4.69, 9.17) is 4.98 Å². The molecule has 1 aliphatic carbocycles. The van der Waals surface area contributed by atoms with Crippen molar-refractivity contribution >= 4 is 48.7 Å². The molecule has 1 atom stereocenters. The van der Waals surface area contributed by atoms with Gasteiger partial charge in [0.05, 0.1) is 0 Å². The SMILES string of the molecule is CCC1CCc2ncnc(N3CC4(CCNCC4)c4c(CNC(C)C)cccc43)c21.Cl.Cl.Cl.